The summed E-state index contributed by atoms with van der Waals surface area (Å²) in [5, 5.41) is 3.35. The van der Waals surface area contributed by atoms with E-state index < -0.39 is 5.54 Å². The van der Waals surface area contributed by atoms with Crippen LogP contribution >= 0.6 is 23.7 Å². The number of hydrogen-bond acceptors (Lipinski definition) is 5. The maximum absolute atomic E-state index is 12.6. The summed E-state index contributed by atoms with van der Waals surface area (Å²) < 4.78 is 0. The van der Waals surface area contributed by atoms with Gasteiger partial charge in [-0.3, -0.25) is 9.69 Å². The summed E-state index contributed by atoms with van der Waals surface area (Å²) in [5.41, 5.74) is 6.71. The van der Waals surface area contributed by atoms with Crippen LogP contribution in [0.1, 0.15) is 58.2 Å². The smallest absolute Gasteiger partial charge is 0.242 e. The molecule has 1 aromatic rings. The Morgan fingerprint density at radius 2 is 1.84 bits per heavy atom. The van der Waals surface area contributed by atoms with Crippen molar-refractivity contribution < 1.29 is 4.79 Å². The van der Waals surface area contributed by atoms with Crippen LogP contribution in [0.25, 0.3) is 0 Å². The molecular weight excluding hydrogens is 356 g/mol. The molecule has 0 radical (unpaired) electrons. The summed E-state index contributed by atoms with van der Waals surface area (Å²) in [6, 6.07) is 0. The van der Waals surface area contributed by atoms with Gasteiger partial charge in [-0.15, -0.1) is 23.7 Å². The average Bonchev–Trinajstić information content (AvgIpc) is 2.96. The molecule has 1 unspecified atom stereocenters. The Morgan fingerprint density at radius 3 is 2.32 bits per heavy atom. The van der Waals surface area contributed by atoms with Crippen LogP contribution in [0.3, 0.4) is 0 Å². The zero-order chi connectivity index (χ0) is 18.0. The van der Waals surface area contributed by atoms with Crippen LogP contribution in [0, 0.1) is 0 Å². The standard InChI is InChI=1S/C18H32N4OS.ClH/c1-6-7-18(5,19)16(23)22-10-8-21(9-11-22)12-14-13-24-15(20-14)17(2,3)4;/h13H,6-12,19H2,1-5H3;1H. The van der Waals surface area contributed by atoms with E-state index in [0.29, 0.717) is 0 Å². The van der Waals surface area contributed by atoms with E-state index in [4.69, 9.17) is 10.7 Å². The molecule has 0 aromatic carbocycles. The highest BCUT2D eigenvalue weighted by molar-refractivity contribution is 7.09. The maximum Gasteiger partial charge on any atom is 0.242 e. The molecule has 0 spiro atoms. The van der Waals surface area contributed by atoms with Crippen LogP contribution in [0.2, 0.25) is 0 Å². The van der Waals surface area contributed by atoms with E-state index in [0.717, 1.165) is 51.3 Å². The van der Waals surface area contributed by atoms with Crippen molar-refractivity contribution in [2.75, 3.05) is 26.2 Å². The van der Waals surface area contributed by atoms with Crippen LogP contribution in [-0.2, 0) is 16.8 Å². The van der Waals surface area contributed by atoms with Crippen LogP contribution in [0.15, 0.2) is 5.38 Å². The fourth-order valence-corrected chi connectivity index (χ4v) is 3.95. The van der Waals surface area contributed by atoms with Gasteiger partial charge in [-0.1, -0.05) is 34.1 Å². The SMILES string of the molecule is CCCC(C)(N)C(=O)N1CCN(Cc2csc(C(C)(C)C)n2)CC1.Cl. The lowest BCUT2D eigenvalue weighted by Gasteiger charge is -2.38. The number of nitrogens with zero attached hydrogens (tertiary/aromatic N) is 3. The summed E-state index contributed by atoms with van der Waals surface area (Å²) in [6.07, 6.45) is 1.67. The minimum Gasteiger partial charge on any atom is -0.339 e. The number of amides is 1. The van der Waals surface area contributed by atoms with Gasteiger partial charge in [-0.05, 0) is 13.3 Å². The van der Waals surface area contributed by atoms with Crippen molar-refractivity contribution in [1.29, 1.82) is 0 Å². The Balaban J connectivity index is 0.00000312. The molecule has 5 nitrogen and oxygen atoms in total. The van der Waals surface area contributed by atoms with E-state index >= 15 is 0 Å². The quantitative estimate of drug-likeness (QED) is 0.842. The molecule has 0 saturated carbocycles. The first-order valence-electron chi connectivity index (χ1n) is 8.89. The first-order valence-corrected chi connectivity index (χ1v) is 9.77. The number of rotatable bonds is 5. The Morgan fingerprint density at radius 1 is 1.24 bits per heavy atom. The minimum atomic E-state index is -0.729. The summed E-state index contributed by atoms with van der Waals surface area (Å²) in [5.74, 6) is 0.0904. The second-order valence-electron chi connectivity index (χ2n) is 8.13. The molecule has 2 rings (SSSR count). The van der Waals surface area contributed by atoms with Crippen molar-refractivity contribution >= 4 is 29.7 Å². The fourth-order valence-electron chi connectivity index (χ4n) is 3.05. The third kappa shape index (κ3) is 5.91. The normalized spacial score (nSPS) is 18.6. The van der Waals surface area contributed by atoms with Gasteiger partial charge in [0.15, 0.2) is 0 Å². The Kier molecular flexibility index (Phi) is 7.87. The highest BCUT2D eigenvalue weighted by atomic mass is 35.5. The van der Waals surface area contributed by atoms with E-state index in [-0.39, 0.29) is 23.7 Å². The third-order valence-corrected chi connectivity index (χ3v) is 5.81. The fraction of sp³-hybridized carbons (Fsp3) is 0.778. The van der Waals surface area contributed by atoms with E-state index in [9.17, 15) is 4.79 Å². The average molecular weight is 389 g/mol. The molecule has 1 saturated heterocycles. The molecule has 0 aliphatic carbocycles. The Bertz CT molecular complexity index is 560. The molecular formula is C18H33ClN4OS. The van der Waals surface area contributed by atoms with E-state index in [1.807, 2.05) is 11.8 Å². The molecule has 1 atom stereocenters. The van der Waals surface area contributed by atoms with Gasteiger partial charge in [-0.25, -0.2) is 4.98 Å². The van der Waals surface area contributed by atoms with Gasteiger partial charge >= 0.3 is 0 Å². The number of carbonyl (C=O) groups is 1. The van der Waals surface area contributed by atoms with Gasteiger partial charge in [0.2, 0.25) is 5.91 Å². The molecule has 1 fully saturated rings. The van der Waals surface area contributed by atoms with Crippen LogP contribution in [0.4, 0.5) is 0 Å². The molecule has 1 aliphatic heterocycles. The molecule has 2 heterocycles. The summed E-state index contributed by atoms with van der Waals surface area (Å²) in [6.45, 7) is 14.7. The summed E-state index contributed by atoms with van der Waals surface area (Å²) in [4.78, 5) is 21.6. The van der Waals surface area contributed by atoms with E-state index in [1.165, 1.54) is 5.01 Å². The topological polar surface area (TPSA) is 62.5 Å². The molecule has 1 amide bonds. The Hall–Kier alpha value is -0.690. The van der Waals surface area contributed by atoms with Crippen molar-refractivity contribution in [3.8, 4) is 0 Å². The first-order chi connectivity index (χ1) is 11.1. The van der Waals surface area contributed by atoms with Crippen LogP contribution < -0.4 is 5.73 Å². The summed E-state index contributed by atoms with van der Waals surface area (Å²) in [7, 11) is 0. The number of thiazole rings is 1. The lowest BCUT2D eigenvalue weighted by Crippen LogP contribution is -2.58. The number of hydrogen-bond donors (Lipinski definition) is 1. The van der Waals surface area contributed by atoms with Crippen molar-refractivity contribution in [2.24, 2.45) is 5.73 Å². The van der Waals surface area contributed by atoms with Gasteiger partial charge in [-0.2, -0.15) is 0 Å². The van der Waals surface area contributed by atoms with Gasteiger partial charge in [0.1, 0.15) is 0 Å². The van der Waals surface area contributed by atoms with Crippen LogP contribution in [0.5, 0.6) is 0 Å². The van der Waals surface area contributed by atoms with Gasteiger partial charge < -0.3 is 10.6 Å². The van der Waals surface area contributed by atoms with Crippen molar-refractivity contribution in [3.05, 3.63) is 16.1 Å². The van der Waals surface area contributed by atoms with Crippen molar-refractivity contribution in [3.63, 3.8) is 0 Å². The third-order valence-electron chi connectivity index (χ3n) is 4.50. The maximum atomic E-state index is 12.6. The monoisotopic (exact) mass is 388 g/mol. The van der Waals surface area contributed by atoms with Gasteiger partial charge in [0.25, 0.3) is 0 Å². The predicted octanol–water partition coefficient (Wildman–Crippen LogP) is 3.02. The van der Waals surface area contributed by atoms with Gasteiger partial charge in [0.05, 0.1) is 16.2 Å². The highest BCUT2D eigenvalue weighted by Crippen LogP contribution is 2.26. The summed E-state index contributed by atoms with van der Waals surface area (Å²) >= 11 is 1.74. The molecule has 25 heavy (non-hydrogen) atoms. The Labute approximate surface area is 162 Å². The predicted molar refractivity (Wildman–Crippen MR) is 107 cm³/mol. The second kappa shape index (κ2) is 8.80. The van der Waals surface area contributed by atoms with Crippen molar-refractivity contribution in [1.82, 2.24) is 14.8 Å². The molecule has 0 bridgehead atoms. The zero-order valence-electron chi connectivity index (χ0n) is 16.2. The molecule has 1 aliphatic rings. The molecule has 1 aromatic heterocycles. The molecule has 2 N–H and O–H groups in total. The van der Waals surface area contributed by atoms with E-state index in [1.54, 1.807) is 11.3 Å². The molecule has 7 heteroatoms. The lowest BCUT2D eigenvalue weighted by atomic mass is 9.95. The molecule has 144 valence electrons. The number of carbonyl (C=O) groups excluding carboxylic acids is 1. The first kappa shape index (κ1) is 22.4. The van der Waals surface area contributed by atoms with Crippen LogP contribution in [-0.4, -0.2) is 52.4 Å². The number of piperazine rings is 1. The lowest BCUT2D eigenvalue weighted by molar-refractivity contribution is -0.138. The number of halogens is 1. The largest absolute Gasteiger partial charge is 0.339 e. The van der Waals surface area contributed by atoms with E-state index in [2.05, 4.69) is 38.0 Å². The minimum absolute atomic E-state index is 0. The van der Waals surface area contributed by atoms with Gasteiger partial charge in [0, 0.05) is 43.5 Å². The van der Waals surface area contributed by atoms with Crippen molar-refractivity contribution in [2.45, 2.75) is 65.0 Å². The highest BCUT2D eigenvalue weighted by Gasteiger charge is 2.33. The zero-order valence-corrected chi connectivity index (χ0v) is 17.8. The number of nitrogens with two attached hydrogens (primary N) is 1. The number of aromatic nitrogens is 1. The second-order valence-corrected chi connectivity index (χ2v) is 8.99.